The van der Waals surface area contributed by atoms with E-state index in [1.54, 1.807) is 5.56 Å². The maximum atomic E-state index is 4.02. The molecule has 0 aromatic heterocycles. The van der Waals surface area contributed by atoms with E-state index in [-0.39, 0.29) is 10.8 Å². The molecule has 0 saturated heterocycles. The molecule has 0 bridgehead atoms. The van der Waals surface area contributed by atoms with E-state index in [4.69, 9.17) is 0 Å². The lowest BCUT2D eigenvalue weighted by Crippen LogP contribution is -2.27. The van der Waals surface area contributed by atoms with E-state index in [9.17, 15) is 0 Å². The van der Waals surface area contributed by atoms with Crippen LogP contribution in [0.3, 0.4) is 0 Å². The van der Waals surface area contributed by atoms with Gasteiger partial charge >= 0.3 is 0 Å². The molecule has 2 nitrogen and oxygen atoms in total. The zero-order valence-corrected chi connectivity index (χ0v) is 63.9. The Labute approximate surface area is 622 Å². The highest BCUT2D eigenvalue weighted by Gasteiger charge is 2.46. The Morgan fingerprint density at radius 2 is 0.641 bits per heavy atom. The molecule has 10 aromatic rings. The van der Waals surface area contributed by atoms with Crippen LogP contribution in [0.5, 0.6) is 0 Å². The van der Waals surface area contributed by atoms with Crippen molar-refractivity contribution >= 4 is 34.1 Å². The monoisotopic (exact) mass is 1360 g/mol. The van der Waals surface area contributed by atoms with Gasteiger partial charge in [0.25, 0.3) is 0 Å². The lowest BCUT2D eigenvalue weighted by atomic mass is 9.68. The first-order chi connectivity index (χ1) is 50.6. The fraction of sp³-hybridized carbons (Fsp3) is 0.366. The second-order valence-corrected chi connectivity index (χ2v) is 30.5. The summed E-state index contributed by atoms with van der Waals surface area (Å²) in [7, 11) is 0. The van der Waals surface area contributed by atoms with Crippen LogP contribution in [0.1, 0.15) is 251 Å². The lowest BCUT2D eigenvalue weighted by molar-refractivity contribution is 0.398. The Morgan fingerprint density at radius 3 is 1.11 bits per heavy atom. The van der Waals surface area contributed by atoms with Crippen molar-refractivity contribution in [3.63, 3.8) is 0 Å². The smallest absolute Gasteiger partial charge is 0.0464 e. The highest BCUT2D eigenvalue weighted by molar-refractivity contribution is 5.90. The predicted octanol–water partition coefficient (Wildman–Crippen LogP) is 30.4. The third-order valence-corrected chi connectivity index (χ3v) is 23.1. The maximum Gasteiger partial charge on any atom is 0.0464 e. The zero-order chi connectivity index (χ0) is 71.4. The third-order valence-electron chi connectivity index (χ3n) is 23.1. The van der Waals surface area contributed by atoms with Crippen LogP contribution in [0.25, 0.3) is 44.5 Å². The van der Waals surface area contributed by atoms with Crippen molar-refractivity contribution < 1.29 is 0 Å². The van der Waals surface area contributed by atoms with Crippen LogP contribution in [0, 0.1) is 13.8 Å². The molecule has 10 aromatic carbocycles. The lowest BCUT2D eigenvalue weighted by Gasteiger charge is -2.34. The van der Waals surface area contributed by atoms with Crippen LogP contribution in [0.15, 0.2) is 243 Å². The molecule has 0 spiro atoms. The first-order valence-corrected chi connectivity index (χ1v) is 40.6. The summed E-state index contributed by atoms with van der Waals surface area (Å²) in [5.74, 6) is 0. The van der Waals surface area contributed by atoms with Gasteiger partial charge in [-0.2, -0.15) is 0 Å². The summed E-state index contributed by atoms with van der Waals surface area (Å²) >= 11 is 0. The fourth-order valence-electron chi connectivity index (χ4n) is 17.3. The van der Waals surface area contributed by atoms with E-state index in [1.165, 1.54) is 234 Å². The summed E-state index contributed by atoms with van der Waals surface area (Å²) in [6, 6.07) is 86.5. The van der Waals surface area contributed by atoms with Crippen LogP contribution in [-0.2, 0) is 30.1 Å². The molecule has 1 atom stereocenters. The quantitative estimate of drug-likeness (QED) is 0.0280. The molecule has 2 heteroatoms. The van der Waals surface area contributed by atoms with Crippen LogP contribution in [0.4, 0.5) is 34.1 Å². The van der Waals surface area contributed by atoms with Gasteiger partial charge in [-0.25, -0.2) is 0 Å². The van der Waals surface area contributed by atoms with Gasteiger partial charge in [0, 0.05) is 45.0 Å². The molecule has 0 aliphatic heterocycles. The van der Waals surface area contributed by atoms with Crippen molar-refractivity contribution in [2.45, 2.75) is 239 Å². The van der Waals surface area contributed by atoms with Gasteiger partial charge in [0.15, 0.2) is 0 Å². The number of hydrogen-bond acceptors (Lipinski definition) is 2. The van der Waals surface area contributed by atoms with Crippen molar-refractivity contribution in [3.05, 3.63) is 299 Å². The van der Waals surface area contributed by atoms with Gasteiger partial charge in [-0.15, -0.1) is 0 Å². The van der Waals surface area contributed by atoms with Crippen LogP contribution >= 0.6 is 0 Å². The minimum Gasteiger partial charge on any atom is -0.311 e. The molecule has 0 saturated carbocycles. The standard InChI is InChI=1S/C101H118N2/c1-9-15-21-25-28-31-69-100(70-32-29-26-22-16-10-2)96-73-82(81-46-59-89(60-47-81)102(86-53-37-76(7)38-54-86)90-61-63-91(64-62-90)103(87-55-42-78(43-56-87)34-19-13-5)88-57-44-79(45-58-88)35-20-14-6)48-66-92(96)93-67-49-83(74-97(93)100)84-50-68-95-94-65-39-77(8)72-98(94)101(99(95)75-84,71-33-27-23-17-11-3)85-51-40-80(41-52-85)36-30-24-18-12-4/h11,17,23,37-68,72-75H,3,9-10,12-16,18-22,24-36,69-71H2,1-2,4-8H3/b23-17-. The molecule has 12 rings (SSSR count). The van der Waals surface area contributed by atoms with Crippen LogP contribution < -0.4 is 9.80 Å². The fourth-order valence-corrected chi connectivity index (χ4v) is 17.3. The highest BCUT2D eigenvalue weighted by atomic mass is 15.2. The number of benzene rings is 10. The van der Waals surface area contributed by atoms with Crippen molar-refractivity contribution in [1.82, 2.24) is 0 Å². The van der Waals surface area contributed by atoms with Gasteiger partial charge in [0.05, 0.1) is 0 Å². The first kappa shape index (κ1) is 74.0. The molecule has 0 heterocycles. The second kappa shape index (κ2) is 36.1. The zero-order valence-electron chi connectivity index (χ0n) is 63.9. The van der Waals surface area contributed by atoms with Crippen molar-refractivity contribution in [3.8, 4) is 44.5 Å². The Hall–Kier alpha value is -8.72. The van der Waals surface area contributed by atoms with Gasteiger partial charge in [-0.3, -0.25) is 0 Å². The highest BCUT2D eigenvalue weighted by Crippen LogP contribution is 2.59. The minimum atomic E-state index is -0.286. The molecule has 0 fully saturated rings. The minimum absolute atomic E-state index is 0.113. The Morgan fingerprint density at radius 1 is 0.301 bits per heavy atom. The van der Waals surface area contributed by atoms with E-state index >= 15 is 0 Å². The molecule has 1 unspecified atom stereocenters. The predicted molar refractivity (Wildman–Crippen MR) is 448 cm³/mol. The van der Waals surface area contributed by atoms with E-state index in [2.05, 4.69) is 295 Å². The topological polar surface area (TPSA) is 6.48 Å². The largest absolute Gasteiger partial charge is 0.311 e. The van der Waals surface area contributed by atoms with Crippen LogP contribution in [-0.4, -0.2) is 0 Å². The summed E-state index contributed by atoms with van der Waals surface area (Å²) in [5.41, 5.74) is 31.6. The average molecular weight is 1360 g/mol. The molecular weight excluding hydrogens is 1240 g/mol. The number of allylic oxidation sites excluding steroid dienone is 3. The molecule has 0 radical (unpaired) electrons. The Balaban J connectivity index is 0.917. The summed E-state index contributed by atoms with van der Waals surface area (Å²) < 4.78 is 0. The van der Waals surface area contributed by atoms with Gasteiger partial charge in [0.2, 0.25) is 0 Å². The van der Waals surface area contributed by atoms with Crippen LogP contribution in [0.2, 0.25) is 0 Å². The molecular formula is C101H118N2. The molecule has 2 aliphatic rings. The van der Waals surface area contributed by atoms with Crippen molar-refractivity contribution in [1.29, 1.82) is 0 Å². The molecule has 0 N–H and O–H groups in total. The van der Waals surface area contributed by atoms with Gasteiger partial charge in [0.1, 0.15) is 0 Å². The number of anilines is 6. The van der Waals surface area contributed by atoms with Gasteiger partial charge in [-0.05, 0) is 264 Å². The number of fused-ring (bicyclic) bond motifs is 6. The van der Waals surface area contributed by atoms with Crippen molar-refractivity contribution in [2.75, 3.05) is 9.80 Å². The van der Waals surface area contributed by atoms with E-state index in [0.717, 1.165) is 74.1 Å². The van der Waals surface area contributed by atoms with E-state index < -0.39 is 0 Å². The number of nitrogens with zero attached hydrogens (tertiary/aromatic N) is 2. The number of aryl methyl sites for hydroxylation is 5. The van der Waals surface area contributed by atoms with E-state index in [1.807, 2.05) is 6.08 Å². The number of hydrogen-bond donors (Lipinski definition) is 0. The number of unbranched alkanes of at least 4 members (excludes halogenated alkanes) is 16. The summed E-state index contributed by atoms with van der Waals surface area (Å²) in [5, 5.41) is 0. The summed E-state index contributed by atoms with van der Waals surface area (Å²) in [6.45, 7) is 20.0. The summed E-state index contributed by atoms with van der Waals surface area (Å²) in [6.07, 6.45) is 40.5. The SMILES string of the molecule is C=C/C=C\CCCC1(c2ccc(CCCCCC)cc2)c2cc(C)ccc2-c2ccc(-c3ccc4c(c3)C(CCCCCCCC)(CCCCCCCC)c3cc(-c5ccc(N(c6ccc(C)cc6)c6ccc(N(c7ccc(CCCC)cc7)c7ccc(CCCC)cc7)cc6)cc5)ccc3-4)cc21. The Bertz CT molecular complexity index is 4290. The van der Waals surface area contributed by atoms with Crippen molar-refractivity contribution in [2.24, 2.45) is 0 Å². The van der Waals surface area contributed by atoms with E-state index in [0.29, 0.717) is 0 Å². The number of rotatable bonds is 39. The van der Waals surface area contributed by atoms with Gasteiger partial charge < -0.3 is 9.80 Å². The molecule has 0 amide bonds. The second-order valence-electron chi connectivity index (χ2n) is 30.5. The molecule has 532 valence electrons. The molecule has 103 heavy (non-hydrogen) atoms. The molecule has 2 aliphatic carbocycles. The van der Waals surface area contributed by atoms with Gasteiger partial charge in [-0.1, -0.05) is 307 Å². The normalized spacial score (nSPS) is 14.0. The third kappa shape index (κ3) is 17.1. The first-order valence-electron chi connectivity index (χ1n) is 40.6. The average Bonchev–Trinajstić information content (AvgIpc) is 1.55. The maximum absolute atomic E-state index is 4.02. The summed E-state index contributed by atoms with van der Waals surface area (Å²) in [4.78, 5) is 4.86. The Kier molecular flexibility index (Phi) is 26.0.